The van der Waals surface area contributed by atoms with Gasteiger partial charge in [-0.1, -0.05) is 59.1 Å². The highest BCUT2D eigenvalue weighted by Crippen LogP contribution is 2.10. The molecule has 0 fully saturated rings. The van der Waals surface area contributed by atoms with Crippen molar-refractivity contribution in [2.75, 3.05) is 19.6 Å². The highest BCUT2D eigenvalue weighted by molar-refractivity contribution is 4.56. The van der Waals surface area contributed by atoms with Crippen molar-refractivity contribution in [2.45, 2.75) is 73.1 Å². The van der Waals surface area contributed by atoms with Crippen LogP contribution in [0.3, 0.4) is 0 Å². The number of nitrogens with zero attached hydrogens (tertiary/aromatic N) is 3. The van der Waals surface area contributed by atoms with Crippen LogP contribution in [0.1, 0.15) is 73.1 Å². The van der Waals surface area contributed by atoms with E-state index in [1.165, 1.54) is 32.1 Å². The van der Waals surface area contributed by atoms with Gasteiger partial charge in [0, 0.05) is 13.1 Å². The molecule has 0 saturated carbocycles. The number of unbranched alkanes of at least 4 members (excludes halogenated alkanes) is 2. The van der Waals surface area contributed by atoms with Crippen LogP contribution in [0, 0.1) is 11.8 Å². The third-order valence-corrected chi connectivity index (χ3v) is 3.18. The molecule has 0 bridgehead atoms. The molecule has 19 heavy (non-hydrogen) atoms. The van der Waals surface area contributed by atoms with Gasteiger partial charge in [0.05, 0.1) is 6.54 Å². The van der Waals surface area contributed by atoms with Gasteiger partial charge in [0.1, 0.15) is 0 Å². The third-order valence-electron chi connectivity index (χ3n) is 3.18. The monoisotopic (exact) mass is 269 g/mol. The van der Waals surface area contributed by atoms with E-state index in [2.05, 4.69) is 50.0 Å². The molecule has 0 rings (SSSR count). The highest BCUT2D eigenvalue weighted by atomic mass is 15.5. The molecule has 3 nitrogen and oxygen atoms in total. The summed E-state index contributed by atoms with van der Waals surface area (Å²) in [5.41, 5.74) is 0. The van der Waals surface area contributed by atoms with Crippen molar-refractivity contribution >= 4 is 0 Å². The van der Waals surface area contributed by atoms with E-state index >= 15 is 0 Å². The molecule has 0 aliphatic heterocycles. The van der Waals surface area contributed by atoms with Gasteiger partial charge in [-0.25, -0.2) is 0 Å². The zero-order valence-corrected chi connectivity index (χ0v) is 13.9. The van der Waals surface area contributed by atoms with E-state index in [4.69, 9.17) is 0 Å². The summed E-state index contributed by atoms with van der Waals surface area (Å²) in [5.74, 6) is 1.58. The summed E-state index contributed by atoms with van der Waals surface area (Å²) in [6, 6.07) is 0. The summed E-state index contributed by atoms with van der Waals surface area (Å²) in [4.78, 5) is 0. The van der Waals surface area contributed by atoms with Crippen LogP contribution < -0.4 is 0 Å². The highest BCUT2D eigenvalue weighted by Gasteiger charge is 2.03. The molecule has 0 amide bonds. The maximum Gasteiger partial charge on any atom is 0.0617 e. The van der Waals surface area contributed by atoms with Crippen molar-refractivity contribution in [3.63, 3.8) is 0 Å². The normalized spacial score (nSPS) is 11.9. The zero-order chi connectivity index (χ0) is 14.5. The molecule has 0 radical (unpaired) electrons. The SMILES string of the molecule is CCCN=NN(CCCCCC(C)C)CCC(C)C. The molecule has 0 aromatic rings. The average Bonchev–Trinajstić information content (AvgIpc) is 2.34. The molecule has 0 aromatic heterocycles. The van der Waals surface area contributed by atoms with Gasteiger partial charge >= 0.3 is 0 Å². The standard InChI is InChI=1S/C16H35N3/c1-6-12-17-18-19(14-11-16(4)5)13-9-7-8-10-15(2)3/h15-16H,6-14H2,1-5H3. The van der Waals surface area contributed by atoms with Gasteiger partial charge in [-0.3, -0.25) is 5.01 Å². The number of rotatable bonds is 12. The third kappa shape index (κ3) is 13.6. The van der Waals surface area contributed by atoms with Crippen LogP contribution in [-0.2, 0) is 0 Å². The van der Waals surface area contributed by atoms with Crippen LogP contribution in [0.2, 0.25) is 0 Å². The van der Waals surface area contributed by atoms with E-state index < -0.39 is 0 Å². The molecule has 0 aromatic carbocycles. The Bertz CT molecular complexity index is 212. The van der Waals surface area contributed by atoms with Gasteiger partial charge in [-0.15, -0.1) is 0 Å². The fraction of sp³-hybridized carbons (Fsp3) is 1.00. The number of hydrogen-bond acceptors (Lipinski definition) is 2. The van der Waals surface area contributed by atoms with E-state index in [-0.39, 0.29) is 0 Å². The summed E-state index contributed by atoms with van der Waals surface area (Å²) in [6.07, 6.45) is 7.55. The van der Waals surface area contributed by atoms with Gasteiger partial charge in [0.15, 0.2) is 0 Å². The first kappa shape index (κ1) is 18.4. The summed E-state index contributed by atoms with van der Waals surface area (Å²) in [6.45, 7) is 14.2. The molecule has 0 heterocycles. The molecule has 0 aliphatic rings. The minimum Gasteiger partial charge on any atom is -0.279 e. The topological polar surface area (TPSA) is 28.0 Å². The van der Waals surface area contributed by atoms with Crippen molar-refractivity contribution in [1.82, 2.24) is 5.01 Å². The van der Waals surface area contributed by atoms with Crippen LogP contribution in [0.4, 0.5) is 0 Å². The lowest BCUT2D eigenvalue weighted by molar-refractivity contribution is 0.243. The Balaban J connectivity index is 3.83. The fourth-order valence-corrected chi connectivity index (χ4v) is 1.87. The first-order valence-electron chi connectivity index (χ1n) is 8.18. The van der Waals surface area contributed by atoms with Crippen molar-refractivity contribution in [2.24, 2.45) is 22.2 Å². The van der Waals surface area contributed by atoms with Gasteiger partial charge in [0.2, 0.25) is 0 Å². The first-order valence-corrected chi connectivity index (χ1v) is 8.18. The van der Waals surface area contributed by atoms with Crippen molar-refractivity contribution in [3.8, 4) is 0 Å². The van der Waals surface area contributed by atoms with E-state index in [1.54, 1.807) is 0 Å². The fourth-order valence-electron chi connectivity index (χ4n) is 1.87. The van der Waals surface area contributed by atoms with E-state index in [1.807, 2.05) is 0 Å². The average molecular weight is 269 g/mol. The van der Waals surface area contributed by atoms with Crippen LogP contribution in [0.25, 0.3) is 0 Å². The Kier molecular flexibility index (Phi) is 12.0. The molecule has 0 spiro atoms. The van der Waals surface area contributed by atoms with Crippen LogP contribution in [0.5, 0.6) is 0 Å². The Hall–Kier alpha value is -0.600. The molecule has 0 saturated heterocycles. The van der Waals surface area contributed by atoms with Crippen LogP contribution >= 0.6 is 0 Å². The lowest BCUT2D eigenvalue weighted by Crippen LogP contribution is -2.21. The lowest BCUT2D eigenvalue weighted by Gasteiger charge is -2.18. The van der Waals surface area contributed by atoms with Crippen molar-refractivity contribution < 1.29 is 0 Å². The summed E-state index contributed by atoms with van der Waals surface area (Å²) in [7, 11) is 0. The minimum absolute atomic E-state index is 0.741. The Morgan fingerprint density at radius 1 is 0.842 bits per heavy atom. The molecule has 3 heteroatoms. The van der Waals surface area contributed by atoms with Gasteiger partial charge < -0.3 is 0 Å². The van der Waals surface area contributed by atoms with Gasteiger partial charge in [0.25, 0.3) is 0 Å². The predicted molar refractivity (Wildman–Crippen MR) is 84.3 cm³/mol. The van der Waals surface area contributed by atoms with Crippen LogP contribution in [-0.4, -0.2) is 24.6 Å². The molecule has 114 valence electrons. The Labute approximate surface area is 120 Å². The lowest BCUT2D eigenvalue weighted by atomic mass is 10.1. The summed E-state index contributed by atoms with van der Waals surface area (Å²) >= 11 is 0. The largest absolute Gasteiger partial charge is 0.279 e. The maximum absolute atomic E-state index is 4.38. The Morgan fingerprint density at radius 3 is 2.11 bits per heavy atom. The molecular formula is C16H35N3. The first-order chi connectivity index (χ1) is 9.06. The quantitative estimate of drug-likeness (QED) is 0.267. The second kappa shape index (κ2) is 12.4. The maximum atomic E-state index is 4.38. The zero-order valence-electron chi connectivity index (χ0n) is 13.9. The molecule has 0 atom stereocenters. The smallest absolute Gasteiger partial charge is 0.0617 e. The summed E-state index contributed by atoms with van der Waals surface area (Å²) in [5, 5.41) is 10.8. The molecular weight excluding hydrogens is 234 g/mol. The minimum atomic E-state index is 0.741. The molecule has 0 N–H and O–H groups in total. The Morgan fingerprint density at radius 2 is 1.53 bits per heavy atom. The van der Waals surface area contributed by atoms with Gasteiger partial charge in [-0.2, -0.15) is 5.11 Å². The van der Waals surface area contributed by atoms with E-state index in [0.717, 1.165) is 37.9 Å². The predicted octanol–water partition coefficient (Wildman–Crippen LogP) is 5.33. The van der Waals surface area contributed by atoms with Crippen molar-refractivity contribution in [1.29, 1.82) is 0 Å². The van der Waals surface area contributed by atoms with Crippen LogP contribution in [0.15, 0.2) is 10.3 Å². The molecule has 0 unspecified atom stereocenters. The van der Waals surface area contributed by atoms with Gasteiger partial charge in [-0.05, 0) is 31.1 Å². The van der Waals surface area contributed by atoms with E-state index in [9.17, 15) is 0 Å². The van der Waals surface area contributed by atoms with Crippen molar-refractivity contribution in [3.05, 3.63) is 0 Å². The number of hydrogen-bond donors (Lipinski definition) is 0. The van der Waals surface area contributed by atoms with E-state index in [0.29, 0.717) is 0 Å². The molecule has 0 aliphatic carbocycles. The second-order valence-corrected chi connectivity index (χ2v) is 6.33. The second-order valence-electron chi connectivity index (χ2n) is 6.33. The summed E-state index contributed by atoms with van der Waals surface area (Å²) < 4.78 is 0.